The van der Waals surface area contributed by atoms with E-state index in [4.69, 9.17) is 24.9 Å². The molecule has 0 aromatic carbocycles. The number of aromatic amines is 3. The summed E-state index contributed by atoms with van der Waals surface area (Å²) in [6.07, 6.45) is 12.2. The minimum atomic E-state index is -1.47. The zero-order chi connectivity index (χ0) is 28.0. The number of anilines is 1. The number of tetrazole rings is 1. The molecule has 0 radical (unpaired) electrons. The van der Waals surface area contributed by atoms with Gasteiger partial charge in [0, 0.05) is 65.4 Å². The van der Waals surface area contributed by atoms with Gasteiger partial charge in [-0.1, -0.05) is 15.8 Å². The van der Waals surface area contributed by atoms with Crippen LogP contribution in [0.4, 0.5) is 5.13 Å². The summed E-state index contributed by atoms with van der Waals surface area (Å²) < 4.78 is 4.28. The topological polar surface area (TPSA) is 180 Å². The Hall–Kier alpha value is -5.48. The van der Waals surface area contributed by atoms with Gasteiger partial charge in [0.2, 0.25) is 5.82 Å². The average molecular weight is 591 g/mol. The van der Waals surface area contributed by atoms with Gasteiger partial charge in [0.15, 0.2) is 22.3 Å². The Balaban J connectivity index is 1.69. The molecule has 204 valence electrons. The molecular weight excluding hydrogens is 573 g/mol. The van der Waals surface area contributed by atoms with Crippen LogP contribution in [0.1, 0.15) is 34.6 Å². The molecular formula is C26H18N14S2. The first-order chi connectivity index (χ1) is 20.9. The normalized spacial score (nSPS) is 20.4. The Morgan fingerprint density at radius 1 is 0.786 bits per heavy atom. The van der Waals surface area contributed by atoms with Gasteiger partial charge in [-0.05, 0) is 41.9 Å². The second-order valence-electron chi connectivity index (χ2n) is 9.17. The van der Waals surface area contributed by atoms with E-state index in [0.29, 0.717) is 33.9 Å². The third-order valence-corrected chi connectivity index (χ3v) is 8.53. The van der Waals surface area contributed by atoms with Gasteiger partial charge in [-0.25, -0.2) is 19.9 Å². The van der Waals surface area contributed by atoms with E-state index in [1.807, 2.05) is 52.2 Å². The summed E-state index contributed by atoms with van der Waals surface area (Å²) >= 11 is 2.68. The summed E-state index contributed by atoms with van der Waals surface area (Å²) in [6, 6.07) is 11.5. The molecule has 1 aliphatic heterocycles. The summed E-state index contributed by atoms with van der Waals surface area (Å²) in [6.45, 7) is 0. The first-order valence-electron chi connectivity index (χ1n) is 12.6. The van der Waals surface area contributed by atoms with Crippen molar-refractivity contribution in [3.63, 3.8) is 0 Å². The number of pyridine rings is 1. The number of hydrogen-bond donors (Lipinski definition) is 3. The molecule has 2 atom stereocenters. The van der Waals surface area contributed by atoms with Crippen LogP contribution < -0.4 is 4.90 Å². The summed E-state index contributed by atoms with van der Waals surface area (Å²) in [7, 11) is 0. The maximum absolute atomic E-state index is 5.00. The maximum atomic E-state index is 5.00. The molecule has 0 fully saturated rings. The molecule has 0 spiro atoms. The number of imidazole rings is 1. The largest absolute Gasteiger partial charge is 0.364 e. The fraction of sp³-hybridized carbons (Fsp3) is 0.0769. The predicted molar refractivity (Wildman–Crippen MR) is 153 cm³/mol. The van der Waals surface area contributed by atoms with Crippen molar-refractivity contribution >= 4 is 39.3 Å². The summed E-state index contributed by atoms with van der Waals surface area (Å²) in [4.78, 5) is 33.1. The molecule has 16 heteroatoms. The van der Waals surface area contributed by atoms with Crippen molar-refractivity contribution in [2.24, 2.45) is 0 Å². The van der Waals surface area contributed by atoms with Gasteiger partial charge >= 0.3 is 0 Å². The highest BCUT2D eigenvalue weighted by atomic mass is 32.1. The number of aromatic nitrogens is 13. The Kier molecular flexibility index (Phi) is 5.54. The summed E-state index contributed by atoms with van der Waals surface area (Å²) in [5.74, 6) is 1.22. The van der Waals surface area contributed by atoms with Crippen molar-refractivity contribution in [3.05, 3.63) is 125 Å². The molecule has 7 aromatic heterocycles. The van der Waals surface area contributed by atoms with E-state index >= 15 is 0 Å². The first-order valence-corrected chi connectivity index (χ1v) is 14.4. The van der Waals surface area contributed by atoms with Gasteiger partial charge < -0.3 is 9.97 Å². The van der Waals surface area contributed by atoms with E-state index in [2.05, 4.69) is 40.2 Å². The quantitative estimate of drug-likeness (QED) is 0.248. The standard InChI is InChI=1S/C26H18N14S2/c1-2-7-27-17(5-1)25(18-6-3-8-28-18)19(16-15-42-39-34-16)20(21-29-11-12-30-21)40(24-33-13-14-41-24)26(25,23-35-37-38-36-23)22-31-9-4-10-32-22/h1-15,28H,(H,29,30)(H,35,36,37,38). The molecule has 8 rings (SSSR count). The van der Waals surface area contributed by atoms with Crippen molar-refractivity contribution < 1.29 is 0 Å². The third kappa shape index (κ3) is 3.18. The van der Waals surface area contributed by atoms with Crippen LogP contribution in [0.25, 0.3) is 11.3 Å². The average Bonchev–Trinajstić information content (AvgIpc) is 3.89. The van der Waals surface area contributed by atoms with Gasteiger partial charge in [0.25, 0.3) is 0 Å². The molecule has 2 unspecified atom stereocenters. The molecule has 0 saturated carbocycles. The maximum Gasteiger partial charge on any atom is 0.210 e. The van der Waals surface area contributed by atoms with Crippen LogP contribution in [-0.4, -0.2) is 65.1 Å². The predicted octanol–water partition coefficient (Wildman–Crippen LogP) is 3.06. The van der Waals surface area contributed by atoms with Gasteiger partial charge in [0.1, 0.15) is 11.1 Å². The van der Waals surface area contributed by atoms with E-state index in [9.17, 15) is 0 Å². The van der Waals surface area contributed by atoms with Crippen molar-refractivity contribution in [2.75, 3.05) is 4.90 Å². The molecule has 14 nitrogen and oxygen atoms in total. The lowest BCUT2D eigenvalue weighted by molar-refractivity contribution is 0.352. The molecule has 0 saturated heterocycles. The Labute approximate surface area is 244 Å². The lowest BCUT2D eigenvalue weighted by Crippen LogP contribution is -2.59. The van der Waals surface area contributed by atoms with E-state index in [0.717, 1.165) is 11.3 Å². The lowest BCUT2D eigenvalue weighted by Gasteiger charge is -2.46. The van der Waals surface area contributed by atoms with Crippen LogP contribution in [0.3, 0.4) is 0 Å². The zero-order valence-electron chi connectivity index (χ0n) is 21.4. The smallest absolute Gasteiger partial charge is 0.210 e. The van der Waals surface area contributed by atoms with E-state index in [1.54, 1.807) is 43.2 Å². The molecule has 0 bridgehead atoms. The Morgan fingerprint density at radius 2 is 1.71 bits per heavy atom. The number of thiazole rings is 1. The number of nitrogens with one attached hydrogen (secondary N) is 3. The molecule has 0 aliphatic carbocycles. The molecule has 42 heavy (non-hydrogen) atoms. The fourth-order valence-electron chi connectivity index (χ4n) is 5.94. The molecule has 7 aromatic rings. The van der Waals surface area contributed by atoms with Crippen LogP contribution in [0.2, 0.25) is 0 Å². The first kappa shape index (κ1) is 24.3. The highest BCUT2D eigenvalue weighted by Crippen LogP contribution is 2.67. The van der Waals surface area contributed by atoms with Crippen molar-refractivity contribution in [2.45, 2.75) is 11.0 Å². The Bertz CT molecular complexity index is 1920. The Morgan fingerprint density at radius 3 is 2.38 bits per heavy atom. The second kappa shape index (κ2) is 9.57. The van der Waals surface area contributed by atoms with Gasteiger partial charge in [-0.15, -0.1) is 26.6 Å². The third-order valence-electron chi connectivity index (χ3n) is 7.27. The highest BCUT2D eigenvalue weighted by Gasteiger charge is 2.73. The number of nitrogens with zero attached hydrogens (tertiary/aromatic N) is 11. The minimum Gasteiger partial charge on any atom is -0.364 e. The van der Waals surface area contributed by atoms with Crippen LogP contribution in [0.15, 0.2) is 90.5 Å². The van der Waals surface area contributed by atoms with Crippen LogP contribution in [0.5, 0.6) is 0 Å². The van der Waals surface area contributed by atoms with Crippen molar-refractivity contribution in [3.8, 4) is 0 Å². The minimum absolute atomic E-state index is 0.284. The second-order valence-corrected chi connectivity index (χ2v) is 10.7. The van der Waals surface area contributed by atoms with Crippen molar-refractivity contribution in [1.82, 2.24) is 65.1 Å². The fourth-order valence-corrected chi connectivity index (χ4v) is 7.09. The van der Waals surface area contributed by atoms with Crippen LogP contribution in [-0.2, 0) is 11.0 Å². The van der Waals surface area contributed by atoms with Gasteiger partial charge in [0.05, 0.1) is 11.4 Å². The monoisotopic (exact) mass is 590 g/mol. The zero-order valence-corrected chi connectivity index (χ0v) is 23.0. The lowest BCUT2D eigenvalue weighted by atomic mass is 9.60. The number of rotatable bonds is 7. The SMILES string of the molecule is c1ccc(C2(c3ccc[nH]3)C(c3csnn3)=C(c3ncc[nH]3)N(c3nccs3)C2(c2ncccn2)c2nn[nH]n2)nc1. The van der Waals surface area contributed by atoms with Crippen LogP contribution >= 0.6 is 22.9 Å². The highest BCUT2D eigenvalue weighted by molar-refractivity contribution is 7.13. The van der Waals surface area contributed by atoms with E-state index < -0.39 is 11.0 Å². The number of H-pyrrole nitrogens is 3. The number of hydrogen-bond acceptors (Lipinski definition) is 13. The van der Waals surface area contributed by atoms with E-state index in [-0.39, 0.29) is 5.82 Å². The molecule has 0 amide bonds. The summed E-state index contributed by atoms with van der Waals surface area (Å²) in [5, 5.41) is 25.0. The van der Waals surface area contributed by atoms with Crippen molar-refractivity contribution in [1.29, 1.82) is 0 Å². The van der Waals surface area contributed by atoms with Gasteiger partial charge in [-0.3, -0.25) is 9.88 Å². The summed E-state index contributed by atoms with van der Waals surface area (Å²) in [5.41, 5.74) is 0.626. The molecule has 8 heterocycles. The molecule has 3 N–H and O–H groups in total. The van der Waals surface area contributed by atoms with Gasteiger partial charge in [-0.2, -0.15) is 5.21 Å². The molecule has 1 aliphatic rings. The van der Waals surface area contributed by atoms with E-state index in [1.165, 1.54) is 22.9 Å². The van der Waals surface area contributed by atoms with Crippen LogP contribution in [0, 0.1) is 0 Å².